The lowest BCUT2D eigenvalue weighted by molar-refractivity contribution is 0.111. The number of ether oxygens (including phenoxy) is 6. The minimum Gasteiger partial charge on any atom is -0.493 e. The number of hydrogen-bond donors (Lipinski definition) is 0. The Morgan fingerprint density at radius 1 is 0.871 bits per heavy atom. The molecule has 1 heterocycles. The Balaban J connectivity index is 2.23. The number of benzene rings is 2. The fourth-order valence-electron chi connectivity index (χ4n) is 2.64. The zero-order chi connectivity index (χ0) is 22.5. The molecule has 1 aromatic heterocycles. The Labute approximate surface area is 175 Å². The van der Waals surface area contributed by atoms with Gasteiger partial charge in [-0.1, -0.05) is 6.07 Å². The van der Waals surface area contributed by atoms with Crippen molar-refractivity contribution in [3.8, 4) is 34.5 Å². The zero-order valence-electron chi connectivity index (χ0n) is 16.9. The van der Waals surface area contributed by atoms with Gasteiger partial charge in [-0.05, 0) is 12.1 Å². The maximum absolute atomic E-state index is 12.6. The Hall–Kier alpha value is -4.28. The van der Waals surface area contributed by atoms with E-state index in [1.807, 2.05) is 0 Å². The van der Waals surface area contributed by atoms with Gasteiger partial charge in [-0.2, -0.15) is 0 Å². The van der Waals surface area contributed by atoms with E-state index in [0.717, 1.165) is 14.2 Å². The van der Waals surface area contributed by atoms with Crippen LogP contribution in [-0.4, -0.2) is 45.7 Å². The number of nitrogens with zero attached hydrogens (tertiary/aromatic N) is 1. The van der Waals surface area contributed by atoms with Gasteiger partial charge < -0.3 is 32.8 Å². The summed E-state index contributed by atoms with van der Waals surface area (Å²) in [5, 5.41) is 0.138. The van der Waals surface area contributed by atoms with Gasteiger partial charge in [0.05, 0.1) is 44.9 Å². The molecule has 3 rings (SSSR count). The lowest BCUT2D eigenvalue weighted by Crippen LogP contribution is -2.13. The Morgan fingerprint density at radius 3 is 2.16 bits per heavy atom. The maximum Gasteiger partial charge on any atom is 0.513 e. The van der Waals surface area contributed by atoms with Crippen molar-refractivity contribution in [2.75, 3.05) is 28.4 Å². The van der Waals surface area contributed by atoms with E-state index in [1.54, 1.807) is 0 Å². The van der Waals surface area contributed by atoms with Crippen molar-refractivity contribution in [2.24, 2.45) is 0 Å². The monoisotopic (exact) mass is 431 g/mol. The molecule has 0 amide bonds. The highest BCUT2D eigenvalue weighted by atomic mass is 16.7. The molecule has 0 saturated carbocycles. The average Bonchev–Trinajstić information content (AvgIpc) is 2.78. The van der Waals surface area contributed by atoms with Crippen LogP contribution in [0.2, 0.25) is 0 Å². The number of carbonyl (C=O) groups excluding carboxylic acids is 2. The Morgan fingerprint density at radius 2 is 1.52 bits per heavy atom. The molecule has 11 heteroatoms. The molecule has 0 radical (unpaired) electrons. The van der Waals surface area contributed by atoms with Crippen molar-refractivity contribution in [2.45, 2.75) is 0 Å². The third-order valence-electron chi connectivity index (χ3n) is 4.05. The van der Waals surface area contributed by atoms with Crippen LogP contribution in [0.4, 0.5) is 9.59 Å². The summed E-state index contributed by atoms with van der Waals surface area (Å²) >= 11 is 0. The molecule has 162 valence electrons. The molecule has 0 bridgehead atoms. The van der Waals surface area contributed by atoms with Gasteiger partial charge in [0.1, 0.15) is 0 Å². The van der Waals surface area contributed by atoms with E-state index >= 15 is 0 Å². The van der Waals surface area contributed by atoms with Gasteiger partial charge in [-0.25, -0.2) is 19.4 Å². The second kappa shape index (κ2) is 9.03. The fraction of sp³-hybridized carbons (Fsp3) is 0.200. The van der Waals surface area contributed by atoms with Crippen LogP contribution < -0.4 is 24.6 Å². The van der Waals surface area contributed by atoms with Crippen molar-refractivity contribution in [3.63, 3.8) is 0 Å². The number of methoxy groups -OCH3 is 4. The highest BCUT2D eigenvalue weighted by molar-refractivity contribution is 5.84. The number of hydrogen-bond acceptors (Lipinski definition) is 11. The molecule has 0 saturated heterocycles. The van der Waals surface area contributed by atoms with Crippen LogP contribution in [0.3, 0.4) is 0 Å². The molecule has 11 nitrogen and oxygen atoms in total. The molecule has 31 heavy (non-hydrogen) atoms. The largest absolute Gasteiger partial charge is 0.513 e. The highest BCUT2D eigenvalue weighted by Crippen LogP contribution is 2.39. The molecule has 0 fully saturated rings. The summed E-state index contributed by atoms with van der Waals surface area (Å²) in [5.74, 6) is -0.00586. The number of rotatable bonds is 5. The quantitative estimate of drug-likeness (QED) is 0.436. The summed E-state index contributed by atoms with van der Waals surface area (Å²) in [6, 6.07) is 7.17. The predicted octanol–water partition coefficient (Wildman–Crippen LogP) is 3.16. The Kier molecular flexibility index (Phi) is 6.24. The second-order valence-electron chi connectivity index (χ2n) is 5.78. The summed E-state index contributed by atoms with van der Waals surface area (Å²) in [6.45, 7) is 0. The topological polar surface area (TPSA) is 133 Å². The van der Waals surface area contributed by atoms with Crippen LogP contribution in [0, 0.1) is 0 Å². The van der Waals surface area contributed by atoms with Gasteiger partial charge in [0.25, 0.3) is 0 Å². The standard InChI is InChI=1S/C20H17NO10/c1-25-14-8-11-12(9-15(14)26-2)21-17(31-18(11)22)10-6-5-7-13(29-19(23)27-3)16(10)30-20(24)28-4/h5-9H,1-4H3. The third kappa shape index (κ3) is 4.34. The van der Waals surface area contributed by atoms with Gasteiger partial charge in [-0.15, -0.1) is 0 Å². The molecule has 0 aliphatic heterocycles. The average molecular weight is 431 g/mol. The molecule has 3 aromatic rings. The molecular weight excluding hydrogens is 414 g/mol. The number of fused-ring (bicyclic) bond motifs is 1. The van der Waals surface area contributed by atoms with Gasteiger partial charge in [0.15, 0.2) is 23.0 Å². The van der Waals surface area contributed by atoms with E-state index in [-0.39, 0.29) is 33.9 Å². The summed E-state index contributed by atoms with van der Waals surface area (Å²) in [5.41, 5.74) is -0.461. The van der Waals surface area contributed by atoms with Crippen LogP contribution in [0.1, 0.15) is 0 Å². The van der Waals surface area contributed by atoms with Gasteiger partial charge in [0, 0.05) is 12.1 Å². The van der Waals surface area contributed by atoms with Crippen molar-refractivity contribution in [1.29, 1.82) is 0 Å². The molecule has 0 unspecified atom stereocenters. The highest BCUT2D eigenvalue weighted by Gasteiger charge is 2.23. The van der Waals surface area contributed by atoms with E-state index in [0.29, 0.717) is 11.5 Å². The number of carbonyl (C=O) groups is 2. The molecular formula is C20H17NO10. The molecule has 0 aliphatic rings. The lowest BCUT2D eigenvalue weighted by Gasteiger charge is -2.13. The first kappa shape index (κ1) is 21.4. The van der Waals surface area contributed by atoms with E-state index in [9.17, 15) is 14.4 Å². The van der Waals surface area contributed by atoms with Crippen LogP contribution >= 0.6 is 0 Å². The molecule has 0 aliphatic carbocycles. The molecule has 0 N–H and O–H groups in total. The smallest absolute Gasteiger partial charge is 0.493 e. The van der Waals surface area contributed by atoms with Crippen LogP contribution in [-0.2, 0) is 9.47 Å². The number of aromatic nitrogens is 1. The normalized spacial score (nSPS) is 10.3. The fourth-order valence-corrected chi connectivity index (χ4v) is 2.64. The van der Waals surface area contributed by atoms with Crippen molar-refractivity contribution < 1.29 is 42.4 Å². The number of para-hydroxylation sites is 1. The Bertz CT molecular complexity index is 1200. The summed E-state index contributed by atoms with van der Waals surface area (Å²) in [4.78, 5) is 40.2. The SMILES string of the molecule is COC(=O)Oc1cccc(-c2nc3cc(OC)c(OC)cc3c(=O)o2)c1OC(=O)OC. The van der Waals surface area contributed by atoms with Gasteiger partial charge in [0.2, 0.25) is 5.89 Å². The molecule has 0 atom stereocenters. The second-order valence-corrected chi connectivity index (χ2v) is 5.78. The van der Waals surface area contributed by atoms with Crippen LogP contribution in [0.15, 0.2) is 39.5 Å². The third-order valence-corrected chi connectivity index (χ3v) is 4.05. The predicted molar refractivity (Wildman–Crippen MR) is 105 cm³/mol. The van der Waals surface area contributed by atoms with E-state index in [4.69, 9.17) is 23.4 Å². The van der Waals surface area contributed by atoms with Crippen LogP contribution in [0.25, 0.3) is 22.4 Å². The minimum atomic E-state index is -1.10. The van der Waals surface area contributed by atoms with Crippen molar-refractivity contribution >= 4 is 23.2 Å². The van der Waals surface area contributed by atoms with Gasteiger partial charge in [-0.3, -0.25) is 0 Å². The minimum absolute atomic E-state index is 0.0422. The maximum atomic E-state index is 12.6. The summed E-state index contributed by atoms with van der Waals surface area (Å²) in [6.07, 6.45) is -2.16. The molecule has 0 spiro atoms. The zero-order valence-corrected chi connectivity index (χ0v) is 16.9. The van der Waals surface area contributed by atoms with E-state index in [1.165, 1.54) is 44.6 Å². The van der Waals surface area contributed by atoms with Crippen molar-refractivity contribution in [3.05, 3.63) is 40.8 Å². The first-order valence-corrected chi connectivity index (χ1v) is 8.63. The molecule has 2 aromatic carbocycles. The summed E-state index contributed by atoms with van der Waals surface area (Å²) in [7, 11) is 5.07. The van der Waals surface area contributed by atoms with Crippen LogP contribution in [0.5, 0.6) is 23.0 Å². The first-order valence-electron chi connectivity index (χ1n) is 8.63. The van der Waals surface area contributed by atoms with E-state index in [2.05, 4.69) is 14.5 Å². The van der Waals surface area contributed by atoms with Crippen molar-refractivity contribution in [1.82, 2.24) is 4.98 Å². The van der Waals surface area contributed by atoms with Gasteiger partial charge >= 0.3 is 17.9 Å². The first-order chi connectivity index (χ1) is 14.9. The lowest BCUT2D eigenvalue weighted by atomic mass is 10.1. The van der Waals surface area contributed by atoms with E-state index < -0.39 is 17.9 Å². The summed E-state index contributed by atoms with van der Waals surface area (Å²) < 4.78 is 34.8.